The molecule has 2 rings (SSSR count). The van der Waals surface area contributed by atoms with Gasteiger partial charge in [-0.05, 0) is 50.6 Å². The van der Waals surface area contributed by atoms with Crippen LogP contribution >= 0.6 is 24.8 Å². The lowest BCUT2D eigenvalue weighted by molar-refractivity contribution is -0.136. The van der Waals surface area contributed by atoms with Crippen molar-refractivity contribution in [3.05, 3.63) is 0 Å². The van der Waals surface area contributed by atoms with Gasteiger partial charge in [0.05, 0.1) is 6.04 Å². The van der Waals surface area contributed by atoms with Crippen LogP contribution in [0.1, 0.15) is 39.5 Å². The van der Waals surface area contributed by atoms with E-state index in [2.05, 4.69) is 18.7 Å². The zero-order valence-electron chi connectivity index (χ0n) is 15.1. The molecule has 2 aliphatic heterocycles. The van der Waals surface area contributed by atoms with E-state index in [0.717, 1.165) is 71.0 Å². The van der Waals surface area contributed by atoms with Gasteiger partial charge in [-0.3, -0.25) is 4.79 Å². The SMILES string of the molecule is CCN(CC)CC1CCN(C(=O)C(N)C2CCOCC2)CC1.Cl.Cl. The summed E-state index contributed by atoms with van der Waals surface area (Å²) >= 11 is 0. The minimum Gasteiger partial charge on any atom is -0.381 e. The summed E-state index contributed by atoms with van der Waals surface area (Å²) < 4.78 is 5.36. The van der Waals surface area contributed by atoms with E-state index in [-0.39, 0.29) is 36.8 Å². The van der Waals surface area contributed by atoms with Gasteiger partial charge in [-0.15, -0.1) is 24.8 Å². The maximum atomic E-state index is 12.6. The molecule has 1 atom stereocenters. The van der Waals surface area contributed by atoms with Crippen molar-refractivity contribution >= 4 is 30.7 Å². The highest BCUT2D eigenvalue weighted by atomic mass is 35.5. The molecular formula is C17H35Cl2N3O2. The molecule has 0 aromatic rings. The zero-order valence-corrected chi connectivity index (χ0v) is 16.7. The van der Waals surface area contributed by atoms with Gasteiger partial charge in [-0.2, -0.15) is 0 Å². The van der Waals surface area contributed by atoms with Crippen LogP contribution in [-0.2, 0) is 9.53 Å². The summed E-state index contributed by atoms with van der Waals surface area (Å²) in [4.78, 5) is 17.1. The molecule has 2 saturated heterocycles. The molecule has 144 valence electrons. The fourth-order valence-corrected chi connectivity index (χ4v) is 3.67. The Kier molecular flexibility index (Phi) is 12.3. The number of nitrogens with two attached hydrogens (primary N) is 1. The van der Waals surface area contributed by atoms with Gasteiger partial charge in [0.2, 0.25) is 5.91 Å². The largest absolute Gasteiger partial charge is 0.381 e. The van der Waals surface area contributed by atoms with Gasteiger partial charge in [0.25, 0.3) is 0 Å². The smallest absolute Gasteiger partial charge is 0.239 e. The topological polar surface area (TPSA) is 58.8 Å². The summed E-state index contributed by atoms with van der Waals surface area (Å²) in [6.07, 6.45) is 4.07. The van der Waals surface area contributed by atoms with Crippen LogP contribution < -0.4 is 5.73 Å². The number of nitrogens with zero attached hydrogens (tertiary/aromatic N) is 2. The second-order valence-corrected chi connectivity index (χ2v) is 6.73. The summed E-state index contributed by atoms with van der Waals surface area (Å²) in [5.74, 6) is 1.19. The quantitative estimate of drug-likeness (QED) is 0.763. The number of carbonyl (C=O) groups is 1. The zero-order chi connectivity index (χ0) is 15.9. The number of rotatable bonds is 6. The summed E-state index contributed by atoms with van der Waals surface area (Å²) in [7, 11) is 0. The molecule has 1 amide bonds. The molecule has 2 N–H and O–H groups in total. The standard InChI is InChI=1S/C17H33N3O2.2ClH/c1-3-19(4-2)13-14-5-9-20(10-6-14)17(21)16(18)15-7-11-22-12-8-15;;/h14-16H,3-13,18H2,1-2H3;2*1H. The Bertz CT molecular complexity index is 343. The van der Waals surface area contributed by atoms with Crippen LogP contribution in [0.2, 0.25) is 0 Å². The molecular weight excluding hydrogens is 349 g/mol. The number of carbonyl (C=O) groups excluding carboxylic acids is 1. The van der Waals surface area contributed by atoms with E-state index in [0.29, 0.717) is 5.92 Å². The van der Waals surface area contributed by atoms with Crippen LogP contribution in [0.4, 0.5) is 0 Å². The van der Waals surface area contributed by atoms with Crippen LogP contribution in [0.15, 0.2) is 0 Å². The Hall–Kier alpha value is -0.0700. The molecule has 24 heavy (non-hydrogen) atoms. The highest BCUT2D eigenvalue weighted by Gasteiger charge is 2.32. The van der Waals surface area contributed by atoms with Crippen molar-refractivity contribution in [2.75, 3.05) is 45.9 Å². The van der Waals surface area contributed by atoms with E-state index < -0.39 is 0 Å². The third-order valence-electron chi connectivity index (χ3n) is 5.40. The number of amides is 1. The average molecular weight is 384 g/mol. The lowest BCUT2D eigenvalue weighted by Crippen LogP contribution is -2.51. The van der Waals surface area contributed by atoms with E-state index in [1.807, 2.05) is 4.90 Å². The molecule has 0 radical (unpaired) electrons. The van der Waals surface area contributed by atoms with Crippen LogP contribution in [0, 0.1) is 11.8 Å². The maximum absolute atomic E-state index is 12.6. The molecule has 1 unspecified atom stereocenters. The van der Waals surface area contributed by atoms with Gasteiger partial charge in [0.1, 0.15) is 0 Å². The molecule has 2 heterocycles. The van der Waals surface area contributed by atoms with Crippen LogP contribution in [0.5, 0.6) is 0 Å². The minimum absolute atomic E-state index is 0. The molecule has 2 aliphatic rings. The van der Waals surface area contributed by atoms with Crippen LogP contribution in [0.3, 0.4) is 0 Å². The third-order valence-corrected chi connectivity index (χ3v) is 5.40. The Labute approximate surface area is 159 Å². The number of likely N-dealkylation sites (tertiary alicyclic amines) is 1. The van der Waals surface area contributed by atoms with Gasteiger partial charge in [0.15, 0.2) is 0 Å². The molecule has 0 aromatic heterocycles. The van der Waals surface area contributed by atoms with E-state index in [1.165, 1.54) is 6.54 Å². The van der Waals surface area contributed by atoms with Crippen molar-refractivity contribution in [1.29, 1.82) is 0 Å². The molecule has 0 aromatic carbocycles. The lowest BCUT2D eigenvalue weighted by atomic mass is 9.90. The predicted octanol–water partition coefficient (Wildman–Crippen LogP) is 2.16. The lowest BCUT2D eigenvalue weighted by Gasteiger charge is -2.37. The van der Waals surface area contributed by atoms with Crippen LogP contribution in [-0.4, -0.2) is 67.7 Å². The van der Waals surface area contributed by atoms with Gasteiger partial charge in [-0.1, -0.05) is 13.8 Å². The van der Waals surface area contributed by atoms with E-state index in [4.69, 9.17) is 10.5 Å². The first kappa shape index (κ1) is 23.9. The summed E-state index contributed by atoms with van der Waals surface area (Å²) in [5.41, 5.74) is 6.23. The molecule has 5 nitrogen and oxygen atoms in total. The Morgan fingerprint density at radius 1 is 1.12 bits per heavy atom. The van der Waals surface area contributed by atoms with Gasteiger partial charge < -0.3 is 20.3 Å². The fraction of sp³-hybridized carbons (Fsp3) is 0.941. The molecule has 7 heteroatoms. The first-order valence-electron chi connectivity index (χ1n) is 9.00. The second kappa shape index (κ2) is 12.3. The summed E-state index contributed by atoms with van der Waals surface area (Å²) in [6.45, 7) is 11.1. The second-order valence-electron chi connectivity index (χ2n) is 6.73. The molecule has 0 saturated carbocycles. The first-order valence-corrected chi connectivity index (χ1v) is 9.00. The minimum atomic E-state index is -0.330. The van der Waals surface area contributed by atoms with E-state index in [9.17, 15) is 4.79 Å². The van der Waals surface area contributed by atoms with Gasteiger partial charge in [0, 0.05) is 32.8 Å². The van der Waals surface area contributed by atoms with E-state index >= 15 is 0 Å². The highest BCUT2D eigenvalue weighted by molar-refractivity contribution is 5.85. The normalized spacial score (nSPS) is 21.1. The Morgan fingerprint density at radius 3 is 2.17 bits per heavy atom. The van der Waals surface area contributed by atoms with Crippen LogP contribution in [0.25, 0.3) is 0 Å². The summed E-state index contributed by atoms with van der Waals surface area (Å²) in [6, 6.07) is -0.330. The van der Waals surface area contributed by atoms with Crippen molar-refractivity contribution in [1.82, 2.24) is 9.80 Å². The van der Waals surface area contributed by atoms with Crippen molar-refractivity contribution in [2.45, 2.75) is 45.6 Å². The molecule has 2 fully saturated rings. The van der Waals surface area contributed by atoms with Crippen molar-refractivity contribution in [2.24, 2.45) is 17.6 Å². The third kappa shape index (κ3) is 6.68. The number of halogens is 2. The number of ether oxygens (including phenoxy) is 1. The fourth-order valence-electron chi connectivity index (χ4n) is 3.67. The van der Waals surface area contributed by atoms with E-state index in [1.54, 1.807) is 0 Å². The predicted molar refractivity (Wildman–Crippen MR) is 103 cm³/mol. The van der Waals surface area contributed by atoms with Gasteiger partial charge >= 0.3 is 0 Å². The van der Waals surface area contributed by atoms with Crippen molar-refractivity contribution in [3.63, 3.8) is 0 Å². The van der Waals surface area contributed by atoms with Crippen molar-refractivity contribution < 1.29 is 9.53 Å². The first-order chi connectivity index (χ1) is 10.7. The Balaban J connectivity index is 0.00000264. The number of hydrogen-bond donors (Lipinski definition) is 1. The van der Waals surface area contributed by atoms with Gasteiger partial charge in [-0.25, -0.2) is 0 Å². The monoisotopic (exact) mass is 383 g/mol. The van der Waals surface area contributed by atoms with Crippen molar-refractivity contribution in [3.8, 4) is 0 Å². The maximum Gasteiger partial charge on any atom is 0.239 e. The molecule has 0 bridgehead atoms. The Morgan fingerprint density at radius 2 is 1.67 bits per heavy atom. The highest BCUT2D eigenvalue weighted by Crippen LogP contribution is 2.22. The number of piperidine rings is 1. The average Bonchev–Trinajstić information content (AvgIpc) is 2.59. The summed E-state index contributed by atoms with van der Waals surface area (Å²) in [5, 5.41) is 0. The molecule has 0 aliphatic carbocycles. The number of hydrogen-bond acceptors (Lipinski definition) is 4. The molecule has 0 spiro atoms.